The summed E-state index contributed by atoms with van der Waals surface area (Å²) in [6.45, 7) is 1.44. The lowest BCUT2D eigenvalue weighted by molar-refractivity contribution is -0.119. The van der Waals surface area contributed by atoms with Crippen LogP contribution >= 0.6 is 0 Å². The Labute approximate surface area is 185 Å². The monoisotopic (exact) mass is 456 g/mol. The van der Waals surface area contributed by atoms with E-state index in [0.29, 0.717) is 5.69 Å². The van der Waals surface area contributed by atoms with Crippen molar-refractivity contribution in [3.8, 4) is 0 Å². The zero-order chi connectivity index (χ0) is 23.1. The van der Waals surface area contributed by atoms with Crippen molar-refractivity contribution in [2.24, 2.45) is 0 Å². The van der Waals surface area contributed by atoms with Crippen LogP contribution in [0.25, 0.3) is 0 Å². The Bertz CT molecular complexity index is 1230. The number of halogens is 1. The molecule has 166 valence electrons. The Kier molecular flexibility index (Phi) is 7.21. The van der Waals surface area contributed by atoms with Gasteiger partial charge in [0.25, 0.3) is 15.9 Å². The summed E-state index contributed by atoms with van der Waals surface area (Å²) in [7, 11) is -4.07. The number of ether oxygens (including phenoxy) is 1. The number of para-hydroxylation sites is 1. The molecule has 0 spiro atoms. The molecule has 0 unspecified atom stereocenters. The van der Waals surface area contributed by atoms with Crippen LogP contribution in [0.15, 0.2) is 77.7 Å². The van der Waals surface area contributed by atoms with E-state index < -0.39 is 34.3 Å². The van der Waals surface area contributed by atoms with Gasteiger partial charge in [-0.3, -0.25) is 9.52 Å². The van der Waals surface area contributed by atoms with Crippen molar-refractivity contribution in [2.45, 2.75) is 18.2 Å². The maximum Gasteiger partial charge on any atom is 0.340 e. The van der Waals surface area contributed by atoms with Gasteiger partial charge in [-0.25, -0.2) is 17.6 Å². The van der Waals surface area contributed by atoms with Crippen LogP contribution in [-0.2, 0) is 26.0 Å². The lowest BCUT2D eigenvalue weighted by Gasteiger charge is -2.12. The molecule has 2 N–H and O–H groups in total. The van der Waals surface area contributed by atoms with Gasteiger partial charge in [0.05, 0.1) is 16.1 Å². The summed E-state index contributed by atoms with van der Waals surface area (Å²) in [5, 5.41) is 2.64. The molecule has 9 heteroatoms. The average molecular weight is 456 g/mol. The summed E-state index contributed by atoms with van der Waals surface area (Å²) in [5.41, 5.74) is 1.52. The average Bonchev–Trinajstić information content (AvgIpc) is 2.78. The number of aryl methyl sites for hydroxylation is 1. The van der Waals surface area contributed by atoms with Crippen molar-refractivity contribution >= 4 is 33.3 Å². The van der Waals surface area contributed by atoms with Gasteiger partial charge < -0.3 is 10.1 Å². The lowest BCUT2D eigenvalue weighted by Crippen LogP contribution is -2.22. The predicted octanol–water partition coefficient (Wildman–Crippen LogP) is 3.98. The molecule has 0 aliphatic heterocycles. The first-order valence-corrected chi connectivity index (χ1v) is 11.2. The summed E-state index contributed by atoms with van der Waals surface area (Å²) >= 11 is 0. The second-order valence-corrected chi connectivity index (χ2v) is 8.47. The van der Waals surface area contributed by atoms with Crippen molar-refractivity contribution in [3.05, 3.63) is 89.7 Å². The highest BCUT2D eigenvalue weighted by Gasteiger charge is 2.20. The van der Waals surface area contributed by atoms with Crippen molar-refractivity contribution in [1.82, 2.24) is 0 Å². The van der Waals surface area contributed by atoms with Crippen molar-refractivity contribution in [3.63, 3.8) is 0 Å². The summed E-state index contributed by atoms with van der Waals surface area (Å²) in [4.78, 5) is 24.5. The smallest absolute Gasteiger partial charge is 0.340 e. The molecule has 0 atom stereocenters. The number of hydrogen-bond donors (Lipinski definition) is 2. The fourth-order valence-corrected chi connectivity index (χ4v) is 3.92. The Morgan fingerprint density at radius 3 is 2.41 bits per heavy atom. The summed E-state index contributed by atoms with van der Waals surface area (Å²) in [6.07, 6.45) is 0.809. The largest absolute Gasteiger partial charge is 0.452 e. The van der Waals surface area contributed by atoms with Gasteiger partial charge in [0.15, 0.2) is 6.61 Å². The SMILES string of the molecule is CCc1cccc(NC(=O)COC(=O)c2ccccc2NS(=O)(=O)c2ccc(F)cc2)c1. The van der Waals surface area contributed by atoms with Gasteiger partial charge in [-0.15, -0.1) is 0 Å². The molecule has 0 aliphatic carbocycles. The fourth-order valence-electron chi connectivity index (χ4n) is 2.84. The molecule has 7 nitrogen and oxygen atoms in total. The standard InChI is InChI=1S/C23H21FN2O5S/c1-2-16-6-5-7-18(14-16)25-22(27)15-31-23(28)20-8-3-4-9-21(20)26-32(29,30)19-12-10-17(24)11-13-19/h3-14,26H,2,15H2,1H3,(H,25,27). The quantitative estimate of drug-likeness (QED) is 0.499. The van der Waals surface area contributed by atoms with Gasteiger partial charge in [0.1, 0.15) is 5.82 Å². The lowest BCUT2D eigenvalue weighted by atomic mass is 10.1. The highest BCUT2D eigenvalue weighted by atomic mass is 32.2. The maximum absolute atomic E-state index is 13.1. The number of sulfonamides is 1. The van der Waals surface area contributed by atoms with Crippen LogP contribution in [0.5, 0.6) is 0 Å². The molecule has 0 aliphatic rings. The summed E-state index contributed by atoms with van der Waals surface area (Å²) in [5.74, 6) is -1.98. The number of carbonyl (C=O) groups is 2. The van der Waals surface area contributed by atoms with Gasteiger partial charge in [0, 0.05) is 5.69 Å². The Morgan fingerprint density at radius 1 is 0.969 bits per heavy atom. The van der Waals surface area contributed by atoms with Crippen LogP contribution in [-0.4, -0.2) is 26.9 Å². The first-order valence-electron chi connectivity index (χ1n) is 9.72. The molecule has 0 fully saturated rings. The third-order valence-corrected chi connectivity index (χ3v) is 5.85. The minimum absolute atomic E-state index is 0.0297. The fraction of sp³-hybridized carbons (Fsp3) is 0.130. The van der Waals surface area contributed by atoms with Gasteiger partial charge in [-0.1, -0.05) is 31.2 Å². The van der Waals surface area contributed by atoms with E-state index in [-0.39, 0.29) is 16.1 Å². The van der Waals surface area contributed by atoms with Crippen LogP contribution in [0.1, 0.15) is 22.8 Å². The molecule has 0 radical (unpaired) electrons. The highest BCUT2D eigenvalue weighted by molar-refractivity contribution is 7.92. The van der Waals surface area contributed by atoms with Crippen LogP contribution in [0.2, 0.25) is 0 Å². The van der Waals surface area contributed by atoms with E-state index in [1.807, 2.05) is 25.1 Å². The molecule has 0 saturated carbocycles. The number of carbonyl (C=O) groups excluding carboxylic acids is 2. The third-order valence-electron chi connectivity index (χ3n) is 4.47. The Balaban J connectivity index is 1.67. The topological polar surface area (TPSA) is 102 Å². The molecule has 32 heavy (non-hydrogen) atoms. The zero-order valence-corrected chi connectivity index (χ0v) is 18.0. The predicted molar refractivity (Wildman–Crippen MR) is 118 cm³/mol. The number of amides is 1. The Hall–Kier alpha value is -3.72. The third kappa shape index (κ3) is 5.92. The zero-order valence-electron chi connectivity index (χ0n) is 17.2. The van der Waals surface area contributed by atoms with Gasteiger partial charge in [-0.2, -0.15) is 0 Å². The molecule has 3 aromatic rings. The first-order chi connectivity index (χ1) is 15.3. The van der Waals surface area contributed by atoms with Crippen LogP contribution in [0.4, 0.5) is 15.8 Å². The minimum Gasteiger partial charge on any atom is -0.452 e. The van der Waals surface area contributed by atoms with E-state index in [2.05, 4.69) is 10.0 Å². The van der Waals surface area contributed by atoms with Gasteiger partial charge >= 0.3 is 5.97 Å². The van der Waals surface area contributed by atoms with E-state index in [9.17, 15) is 22.4 Å². The number of hydrogen-bond acceptors (Lipinski definition) is 5. The van der Waals surface area contributed by atoms with E-state index in [0.717, 1.165) is 36.2 Å². The van der Waals surface area contributed by atoms with Crippen molar-refractivity contribution in [1.29, 1.82) is 0 Å². The van der Waals surface area contributed by atoms with E-state index >= 15 is 0 Å². The number of nitrogens with one attached hydrogen (secondary N) is 2. The number of benzene rings is 3. The maximum atomic E-state index is 13.1. The molecule has 0 aromatic heterocycles. The molecule has 0 heterocycles. The highest BCUT2D eigenvalue weighted by Crippen LogP contribution is 2.21. The van der Waals surface area contributed by atoms with E-state index in [4.69, 9.17) is 4.74 Å². The number of rotatable bonds is 8. The van der Waals surface area contributed by atoms with Crippen LogP contribution in [0.3, 0.4) is 0 Å². The molecule has 0 saturated heterocycles. The van der Waals surface area contributed by atoms with Crippen LogP contribution in [0, 0.1) is 5.82 Å². The Morgan fingerprint density at radius 2 is 1.69 bits per heavy atom. The summed E-state index contributed by atoms with van der Waals surface area (Å²) in [6, 6.07) is 17.3. The second kappa shape index (κ2) is 10.1. The van der Waals surface area contributed by atoms with E-state index in [1.165, 1.54) is 24.3 Å². The molecule has 3 aromatic carbocycles. The number of esters is 1. The summed E-state index contributed by atoms with van der Waals surface area (Å²) < 4.78 is 45.6. The van der Waals surface area contributed by atoms with Gasteiger partial charge in [0.2, 0.25) is 0 Å². The van der Waals surface area contributed by atoms with Gasteiger partial charge in [-0.05, 0) is 60.5 Å². The van der Waals surface area contributed by atoms with Crippen molar-refractivity contribution < 1.29 is 27.1 Å². The normalized spacial score (nSPS) is 10.9. The first kappa shape index (κ1) is 23.0. The molecular weight excluding hydrogens is 435 g/mol. The van der Waals surface area contributed by atoms with E-state index in [1.54, 1.807) is 6.07 Å². The molecule has 1 amide bonds. The van der Waals surface area contributed by atoms with Crippen molar-refractivity contribution in [2.75, 3.05) is 16.6 Å². The second-order valence-electron chi connectivity index (χ2n) is 6.78. The minimum atomic E-state index is -4.07. The number of anilines is 2. The molecular formula is C23H21FN2O5S. The van der Waals surface area contributed by atoms with Crippen LogP contribution < -0.4 is 10.0 Å². The molecule has 0 bridgehead atoms. The molecule has 3 rings (SSSR count).